The highest BCUT2D eigenvalue weighted by atomic mass is 15.3. The molecule has 1 atom stereocenters. The van der Waals surface area contributed by atoms with Crippen LogP contribution in [0.2, 0.25) is 0 Å². The first-order valence-electron chi connectivity index (χ1n) is 8.83. The molecule has 1 aliphatic rings. The van der Waals surface area contributed by atoms with Gasteiger partial charge in [-0.15, -0.1) is 0 Å². The number of hydrogen-bond acceptors (Lipinski definition) is 5. The second-order valence-corrected chi connectivity index (χ2v) is 6.43. The number of pyridine rings is 1. The SMILES string of the molecule is c1ccc(-n2ncc3c(N4CCCC4c4ccccn4)ncnc32)cc1. The molecule has 3 aromatic heterocycles. The van der Waals surface area contributed by atoms with Crippen molar-refractivity contribution < 1.29 is 0 Å². The van der Waals surface area contributed by atoms with Crippen LogP contribution in [-0.4, -0.2) is 31.3 Å². The molecule has 0 bridgehead atoms. The minimum Gasteiger partial charge on any atom is -0.347 e. The number of benzene rings is 1. The molecule has 6 nitrogen and oxygen atoms in total. The van der Waals surface area contributed by atoms with Crippen LogP contribution < -0.4 is 4.90 Å². The molecule has 4 aromatic rings. The van der Waals surface area contributed by atoms with Crippen LogP contribution in [0.25, 0.3) is 16.7 Å². The standard InChI is InChI=1S/C20H18N6/c1-2-7-15(8-3-1)26-20-16(13-24-26)19(22-14-23-20)25-12-6-10-18(25)17-9-4-5-11-21-17/h1-5,7-9,11,13-14,18H,6,10,12H2. The summed E-state index contributed by atoms with van der Waals surface area (Å²) in [5.74, 6) is 0.935. The number of fused-ring (bicyclic) bond motifs is 1. The van der Waals surface area contributed by atoms with Crippen molar-refractivity contribution in [1.29, 1.82) is 0 Å². The van der Waals surface area contributed by atoms with E-state index in [-0.39, 0.29) is 6.04 Å². The zero-order valence-electron chi connectivity index (χ0n) is 14.2. The monoisotopic (exact) mass is 342 g/mol. The van der Waals surface area contributed by atoms with E-state index in [4.69, 9.17) is 0 Å². The van der Waals surface area contributed by atoms with Crippen LogP contribution in [0.4, 0.5) is 5.82 Å². The topological polar surface area (TPSA) is 59.7 Å². The van der Waals surface area contributed by atoms with Crippen LogP contribution in [0.15, 0.2) is 67.3 Å². The van der Waals surface area contributed by atoms with Gasteiger partial charge in [0.05, 0.1) is 29.0 Å². The molecule has 6 heteroatoms. The number of nitrogens with zero attached hydrogens (tertiary/aromatic N) is 6. The summed E-state index contributed by atoms with van der Waals surface area (Å²) >= 11 is 0. The minimum atomic E-state index is 0.245. The summed E-state index contributed by atoms with van der Waals surface area (Å²) in [6.07, 6.45) is 7.56. The van der Waals surface area contributed by atoms with Crippen LogP contribution in [0.5, 0.6) is 0 Å². The van der Waals surface area contributed by atoms with Gasteiger partial charge < -0.3 is 4.90 Å². The number of hydrogen-bond donors (Lipinski definition) is 0. The maximum absolute atomic E-state index is 4.61. The lowest BCUT2D eigenvalue weighted by atomic mass is 10.1. The summed E-state index contributed by atoms with van der Waals surface area (Å²) < 4.78 is 1.87. The molecule has 0 amide bonds. The van der Waals surface area contributed by atoms with Gasteiger partial charge in [-0.05, 0) is 37.1 Å². The lowest BCUT2D eigenvalue weighted by molar-refractivity contribution is 0.689. The fraction of sp³-hybridized carbons (Fsp3) is 0.200. The van der Waals surface area contributed by atoms with Crippen molar-refractivity contribution in [2.24, 2.45) is 0 Å². The van der Waals surface area contributed by atoms with Crippen molar-refractivity contribution >= 4 is 16.9 Å². The van der Waals surface area contributed by atoms with E-state index in [9.17, 15) is 0 Å². The van der Waals surface area contributed by atoms with Gasteiger partial charge in [-0.3, -0.25) is 4.98 Å². The third kappa shape index (κ3) is 2.42. The van der Waals surface area contributed by atoms with E-state index in [1.165, 1.54) is 0 Å². The average molecular weight is 342 g/mol. The van der Waals surface area contributed by atoms with E-state index in [0.29, 0.717) is 0 Å². The molecule has 1 fully saturated rings. The first-order valence-corrected chi connectivity index (χ1v) is 8.83. The molecule has 128 valence electrons. The van der Waals surface area contributed by atoms with Crippen LogP contribution in [0, 0.1) is 0 Å². The fourth-order valence-corrected chi connectivity index (χ4v) is 3.72. The van der Waals surface area contributed by atoms with Crippen LogP contribution in [0.1, 0.15) is 24.6 Å². The molecule has 0 radical (unpaired) electrons. The van der Waals surface area contributed by atoms with Gasteiger partial charge in [0.25, 0.3) is 0 Å². The van der Waals surface area contributed by atoms with E-state index in [0.717, 1.165) is 47.6 Å². The van der Waals surface area contributed by atoms with E-state index in [1.807, 2.05) is 59.5 Å². The summed E-state index contributed by atoms with van der Waals surface area (Å²) in [4.78, 5) is 16.0. The van der Waals surface area contributed by atoms with E-state index in [2.05, 4.69) is 31.0 Å². The Morgan fingerprint density at radius 2 is 1.81 bits per heavy atom. The minimum absolute atomic E-state index is 0.245. The van der Waals surface area contributed by atoms with Gasteiger partial charge in [0.2, 0.25) is 0 Å². The van der Waals surface area contributed by atoms with Gasteiger partial charge in [0.15, 0.2) is 5.65 Å². The van der Waals surface area contributed by atoms with Gasteiger partial charge >= 0.3 is 0 Å². The van der Waals surface area contributed by atoms with E-state index in [1.54, 1.807) is 6.33 Å². The number of rotatable bonds is 3. The molecule has 5 rings (SSSR count). The van der Waals surface area contributed by atoms with Crippen LogP contribution in [0.3, 0.4) is 0 Å². The second kappa shape index (κ2) is 6.22. The van der Waals surface area contributed by atoms with Gasteiger partial charge in [-0.1, -0.05) is 24.3 Å². The Morgan fingerprint density at radius 1 is 0.923 bits per heavy atom. The molecule has 1 unspecified atom stereocenters. The lowest BCUT2D eigenvalue weighted by Crippen LogP contribution is -2.24. The van der Waals surface area contributed by atoms with Crippen molar-refractivity contribution in [3.63, 3.8) is 0 Å². The highest BCUT2D eigenvalue weighted by molar-refractivity contribution is 5.88. The van der Waals surface area contributed by atoms with Crippen molar-refractivity contribution in [2.45, 2.75) is 18.9 Å². The number of aromatic nitrogens is 5. The highest BCUT2D eigenvalue weighted by Crippen LogP contribution is 2.37. The largest absolute Gasteiger partial charge is 0.347 e. The van der Waals surface area contributed by atoms with E-state index < -0.39 is 0 Å². The summed E-state index contributed by atoms with van der Waals surface area (Å²) in [6.45, 7) is 0.962. The predicted molar refractivity (Wildman–Crippen MR) is 100 cm³/mol. The third-order valence-corrected chi connectivity index (χ3v) is 4.90. The quantitative estimate of drug-likeness (QED) is 0.570. The van der Waals surface area contributed by atoms with Crippen LogP contribution in [-0.2, 0) is 0 Å². The Bertz CT molecular complexity index is 1030. The third-order valence-electron chi connectivity index (χ3n) is 4.90. The highest BCUT2D eigenvalue weighted by Gasteiger charge is 2.30. The second-order valence-electron chi connectivity index (χ2n) is 6.43. The van der Waals surface area contributed by atoms with Crippen molar-refractivity contribution in [3.05, 3.63) is 72.9 Å². The van der Waals surface area contributed by atoms with Gasteiger partial charge in [-0.25, -0.2) is 14.6 Å². The Balaban J connectivity index is 1.61. The number of para-hydroxylation sites is 1. The molecule has 1 aromatic carbocycles. The molecule has 0 spiro atoms. The normalized spacial score (nSPS) is 17.1. The Kier molecular flexibility index (Phi) is 3.59. The zero-order chi connectivity index (χ0) is 17.3. The van der Waals surface area contributed by atoms with Crippen LogP contribution >= 0.6 is 0 Å². The van der Waals surface area contributed by atoms with Crippen molar-refractivity contribution in [2.75, 3.05) is 11.4 Å². The molecule has 0 saturated carbocycles. The molecule has 4 heterocycles. The number of anilines is 1. The van der Waals surface area contributed by atoms with E-state index >= 15 is 0 Å². The first-order chi connectivity index (χ1) is 12.9. The summed E-state index contributed by atoms with van der Waals surface area (Å²) in [5, 5.41) is 5.54. The molecule has 1 aliphatic heterocycles. The molecular formula is C20H18N6. The maximum atomic E-state index is 4.61. The zero-order valence-corrected chi connectivity index (χ0v) is 14.2. The van der Waals surface area contributed by atoms with Gasteiger partial charge in [0.1, 0.15) is 12.1 Å². The fourth-order valence-electron chi connectivity index (χ4n) is 3.72. The molecule has 0 aliphatic carbocycles. The molecule has 1 saturated heterocycles. The summed E-state index contributed by atoms with van der Waals surface area (Å²) in [5.41, 5.74) is 2.91. The smallest absolute Gasteiger partial charge is 0.168 e. The van der Waals surface area contributed by atoms with Gasteiger partial charge in [0, 0.05) is 12.7 Å². The Labute approximate surface area is 151 Å². The Morgan fingerprint density at radius 3 is 2.65 bits per heavy atom. The Hall–Kier alpha value is -3.28. The lowest BCUT2D eigenvalue weighted by Gasteiger charge is -2.25. The van der Waals surface area contributed by atoms with Crippen molar-refractivity contribution in [3.8, 4) is 5.69 Å². The maximum Gasteiger partial charge on any atom is 0.168 e. The van der Waals surface area contributed by atoms with Gasteiger partial charge in [-0.2, -0.15) is 5.10 Å². The summed E-state index contributed by atoms with van der Waals surface area (Å²) in [6, 6.07) is 16.4. The first kappa shape index (κ1) is 15.0. The summed E-state index contributed by atoms with van der Waals surface area (Å²) in [7, 11) is 0. The average Bonchev–Trinajstić information content (AvgIpc) is 3.36. The predicted octanol–water partition coefficient (Wildman–Crippen LogP) is 3.55. The molecule has 0 N–H and O–H groups in total. The molecule has 26 heavy (non-hydrogen) atoms. The van der Waals surface area contributed by atoms with Crippen molar-refractivity contribution in [1.82, 2.24) is 24.7 Å². The molecular weight excluding hydrogens is 324 g/mol.